The fraction of sp³-hybridized carbons (Fsp3) is 0.462. The van der Waals surface area contributed by atoms with E-state index >= 15 is 0 Å². The second-order valence-corrected chi connectivity index (χ2v) is 4.04. The Morgan fingerprint density at radius 3 is 2.38 bits per heavy atom. The molecule has 0 atom stereocenters. The van der Waals surface area contributed by atoms with Gasteiger partial charge in [0.1, 0.15) is 5.78 Å². The van der Waals surface area contributed by atoms with E-state index in [0.717, 1.165) is 19.6 Å². The molecule has 1 aromatic rings. The van der Waals surface area contributed by atoms with Crippen molar-refractivity contribution in [3.05, 3.63) is 35.4 Å². The molecule has 88 valence electrons. The van der Waals surface area contributed by atoms with Gasteiger partial charge >= 0.3 is 0 Å². The minimum absolute atomic E-state index is 0.179. The van der Waals surface area contributed by atoms with Crippen LogP contribution in [0.25, 0.3) is 0 Å². The van der Waals surface area contributed by atoms with E-state index in [1.165, 1.54) is 11.1 Å². The lowest BCUT2D eigenvalue weighted by Gasteiger charge is -2.05. The summed E-state index contributed by atoms with van der Waals surface area (Å²) in [5, 5.41) is 6.39. The normalized spacial score (nSPS) is 10.4. The van der Waals surface area contributed by atoms with Crippen molar-refractivity contribution in [3.63, 3.8) is 0 Å². The summed E-state index contributed by atoms with van der Waals surface area (Å²) in [5.74, 6) is 0.179. The van der Waals surface area contributed by atoms with Crippen LogP contribution in [0.3, 0.4) is 0 Å². The van der Waals surface area contributed by atoms with Crippen LogP contribution in [0, 0.1) is 6.92 Å². The summed E-state index contributed by atoms with van der Waals surface area (Å²) >= 11 is 0. The molecule has 0 aromatic heterocycles. The van der Waals surface area contributed by atoms with Crippen LogP contribution in [0.4, 0.5) is 0 Å². The standard InChI is InChI=1S/C13H20N2O/c1-11-3-5-13(6-4-11)10-15-8-7-14-9-12(2)16/h3-6,14-15H,7-10H2,1-2H3. The average Bonchev–Trinajstić information content (AvgIpc) is 2.25. The number of hydrogen-bond donors (Lipinski definition) is 2. The molecule has 0 spiro atoms. The van der Waals surface area contributed by atoms with Gasteiger partial charge in [-0.2, -0.15) is 0 Å². The van der Waals surface area contributed by atoms with E-state index in [2.05, 4.69) is 41.8 Å². The van der Waals surface area contributed by atoms with E-state index in [4.69, 9.17) is 0 Å². The molecule has 0 saturated heterocycles. The van der Waals surface area contributed by atoms with E-state index in [1.54, 1.807) is 6.92 Å². The number of rotatable bonds is 7. The highest BCUT2D eigenvalue weighted by Gasteiger charge is 1.93. The molecule has 2 N–H and O–H groups in total. The van der Waals surface area contributed by atoms with Gasteiger partial charge in [-0.15, -0.1) is 0 Å². The van der Waals surface area contributed by atoms with Crippen LogP contribution in [0.15, 0.2) is 24.3 Å². The predicted octanol–water partition coefficient (Wildman–Crippen LogP) is 1.26. The lowest BCUT2D eigenvalue weighted by atomic mass is 10.1. The Balaban J connectivity index is 2.07. The van der Waals surface area contributed by atoms with Gasteiger partial charge in [0.2, 0.25) is 0 Å². The van der Waals surface area contributed by atoms with Crippen LogP contribution < -0.4 is 10.6 Å². The van der Waals surface area contributed by atoms with Crippen LogP contribution in [-0.4, -0.2) is 25.4 Å². The van der Waals surface area contributed by atoms with Crippen molar-refractivity contribution in [1.29, 1.82) is 0 Å². The topological polar surface area (TPSA) is 41.1 Å². The molecule has 1 aromatic carbocycles. The number of benzene rings is 1. The molecule has 0 saturated carbocycles. The Morgan fingerprint density at radius 2 is 1.75 bits per heavy atom. The van der Waals surface area contributed by atoms with E-state index in [1.807, 2.05) is 0 Å². The number of nitrogens with one attached hydrogen (secondary N) is 2. The van der Waals surface area contributed by atoms with Crippen LogP contribution in [0.2, 0.25) is 0 Å². The Morgan fingerprint density at radius 1 is 1.12 bits per heavy atom. The zero-order valence-electron chi connectivity index (χ0n) is 10.0. The van der Waals surface area contributed by atoms with Gasteiger partial charge in [-0.05, 0) is 19.4 Å². The largest absolute Gasteiger partial charge is 0.311 e. The van der Waals surface area contributed by atoms with Gasteiger partial charge in [-0.3, -0.25) is 4.79 Å². The summed E-state index contributed by atoms with van der Waals surface area (Å²) in [6.45, 7) is 6.72. The summed E-state index contributed by atoms with van der Waals surface area (Å²) in [6, 6.07) is 8.49. The molecular weight excluding hydrogens is 200 g/mol. The lowest BCUT2D eigenvalue weighted by molar-refractivity contribution is -0.116. The summed E-state index contributed by atoms with van der Waals surface area (Å²) < 4.78 is 0. The minimum atomic E-state index is 0.179. The third kappa shape index (κ3) is 5.63. The van der Waals surface area contributed by atoms with Gasteiger partial charge in [0.25, 0.3) is 0 Å². The molecule has 0 heterocycles. The molecule has 3 nitrogen and oxygen atoms in total. The number of ketones is 1. The van der Waals surface area contributed by atoms with E-state index in [-0.39, 0.29) is 5.78 Å². The summed E-state index contributed by atoms with van der Waals surface area (Å²) in [6.07, 6.45) is 0. The molecule has 1 rings (SSSR count). The SMILES string of the molecule is CC(=O)CNCCNCc1ccc(C)cc1. The maximum atomic E-state index is 10.6. The summed E-state index contributed by atoms with van der Waals surface area (Å²) in [7, 11) is 0. The third-order valence-corrected chi connectivity index (χ3v) is 2.30. The van der Waals surface area contributed by atoms with Gasteiger partial charge in [0, 0.05) is 19.6 Å². The molecule has 0 bridgehead atoms. The van der Waals surface area contributed by atoms with Crippen molar-refractivity contribution in [2.75, 3.05) is 19.6 Å². The second kappa shape index (κ2) is 7.14. The quantitative estimate of drug-likeness (QED) is 0.680. The zero-order chi connectivity index (χ0) is 11.8. The second-order valence-electron chi connectivity index (χ2n) is 4.04. The maximum absolute atomic E-state index is 10.6. The molecule has 0 fully saturated rings. The molecule has 0 radical (unpaired) electrons. The Hall–Kier alpha value is -1.19. The first-order valence-corrected chi connectivity index (χ1v) is 5.65. The number of carbonyl (C=O) groups is 1. The number of hydrogen-bond acceptors (Lipinski definition) is 3. The lowest BCUT2D eigenvalue weighted by Crippen LogP contribution is -2.30. The molecule has 0 unspecified atom stereocenters. The highest BCUT2D eigenvalue weighted by molar-refractivity contribution is 5.77. The van der Waals surface area contributed by atoms with E-state index in [0.29, 0.717) is 6.54 Å². The molecule has 0 aliphatic carbocycles. The van der Waals surface area contributed by atoms with E-state index < -0.39 is 0 Å². The summed E-state index contributed by atoms with van der Waals surface area (Å²) in [4.78, 5) is 10.6. The third-order valence-electron chi connectivity index (χ3n) is 2.30. The average molecular weight is 220 g/mol. The molecular formula is C13H20N2O. The highest BCUT2D eigenvalue weighted by atomic mass is 16.1. The van der Waals surface area contributed by atoms with Crippen LogP contribution in [-0.2, 0) is 11.3 Å². The predicted molar refractivity (Wildman–Crippen MR) is 66.4 cm³/mol. The fourth-order valence-corrected chi connectivity index (χ4v) is 1.38. The monoisotopic (exact) mass is 220 g/mol. The van der Waals surface area contributed by atoms with Gasteiger partial charge in [-0.25, -0.2) is 0 Å². The van der Waals surface area contributed by atoms with Crippen molar-refractivity contribution in [2.24, 2.45) is 0 Å². The molecule has 0 aliphatic rings. The van der Waals surface area contributed by atoms with E-state index in [9.17, 15) is 4.79 Å². The number of aryl methyl sites for hydroxylation is 1. The van der Waals surface area contributed by atoms with Crippen molar-refractivity contribution in [3.8, 4) is 0 Å². The van der Waals surface area contributed by atoms with Crippen LogP contribution >= 0.6 is 0 Å². The van der Waals surface area contributed by atoms with Crippen LogP contribution in [0.1, 0.15) is 18.1 Å². The van der Waals surface area contributed by atoms with Crippen molar-refractivity contribution in [1.82, 2.24) is 10.6 Å². The van der Waals surface area contributed by atoms with Gasteiger partial charge in [-0.1, -0.05) is 29.8 Å². The number of carbonyl (C=O) groups excluding carboxylic acids is 1. The van der Waals surface area contributed by atoms with Crippen molar-refractivity contribution in [2.45, 2.75) is 20.4 Å². The van der Waals surface area contributed by atoms with Crippen molar-refractivity contribution < 1.29 is 4.79 Å². The van der Waals surface area contributed by atoms with Gasteiger partial charge in [0.05, 0.1) is 6.54 Å². The van der Waals surface area contributed by atoms with Gasteiger partial charge in [0.15, 0.2) is 0 Å². The van der Waals surface area contributed by atoms with Gasteiger partial charge < -0.3 is 10.6 Å². The molecule has 0 aliphatic heterocycles. The maximum Gasteiger partial charge on any atom is 0.143 e. The Bertz CT molecular complexity index is 319. The first-order valence-electron chi connectivity index (χ1n) is 5.65. The molecule has 3 heteroatoms. The van der Waals surface area contributed by atoms with Crippen LogP contribution in [0.5, 0.6) is 0 Å². The Kier molecular flexibility index (Phi) is 5.75. The first kappa shape index (κ1) is 12.9. The Labute approximate surface area is 97.2 Å². The molecule has 0 amide bonds. The number of Topliss-reactive ketones (excluding diaryl/α,β-unsaturated/α-hetero) is 1. The fourth-order valence-electron chi connectivity index (χ4n) is 1.38. The summed E-state index contributed by atoms with van der Waals surface area (Å²) in [5.41, 5.74) is 2.57. The zero-order valence-corrected chi connectivity index (χ0v) is 10.0. The highest BCUT2D eigenvalue weighted by Crippen LogP contribution is 2.01. The minimum Gasteiger partial charge on any atom is -0.311 e. The smallest absolute Gasteiger partial charge is 0.143 e. The van der Waals surface area contributed by atoms with Crippen molar-refractivity contribution >= 4 is 5.78 Å². The molecule has 16 heavy (non-hydrogen) atoms. The first-order chi connectivity index (χ1) is 7.68.